The van der Waals surface area contributed by atoms with Gasteiger partial charge in [0.2, 0.25) is 10.0 Å². The number of hydrogen-bond donors (Lipinski definition) is 0. The van der Waals surface area contributed by atoms with E-state index in [0.717, 1.165) is 36.9 Å². The lowest BCUT2D eigenvalue weighted by Crippen LogP contribution is -2.47. The molecule has 0 unspecified atom stereocenters. The number of aryl methyl sites for hydroxylation is 1. The number of rotatable bonds is 5. The Bertz CT molecular complexity index is 918. The van der Waals surface area contributed by atoms with Gasteiger partial charge >= 0.3 is 0 Å². The molecular weight excluding hydrogens is 386 g/mol. The van der Waals surface area contributed by atoms with E-state index < -0.39 is 10.0 Å². The minimum absolute atomic E-state index is 0.310. The van der Waals surface area contributed by atoms with Crippen LogP contribution in [0.1, 0.15) is 11.4 Å². The molecule has 1 aliphatic rings. The zero-order valence-corrected chi connectivity index (χ0v) is 17.8. The van der Waals surface area contributed by atoms with Crippen molar-refractivity contribution >= 4 is 27.3 Å². The molecule has 0 bridgehead atoms. The SMILES string of the molecule is Cc1nn(CN2CCN(c3cccc(Cl)c3)CC2)c(C)c1S(=O)(=O)N(C)C. The van der Waals surface area contributed by atoms with Gasteiger partial charge in [-0.15, -0.1) is 0 Å². The molecule has 0 N–H and O–H groups in total. The van der Waals surface area contributed by atoms with Crippen LogP contribution >= 0.6 is 11.6 Å². The Kier molecular flexibility index (Phi) is 5.81. The quantitative estimate of drug-likeness (QED) is 0.754. The Morgan fingerprint density at radius 3 is 2.41 bits per heavy atom. The van der Waals surface area contributed by atoms with Crippen molar-refractivity contribution in [3.8, 4) is 0 Å². The van der Waals surface area contributed by atoms with Crippen molar-refractivity contribution in [2.75, 3.05) is 45.2 Å². The van der Waals surface area contributed by atoms with Crippen molar-refractivity contribution < 1.29 is 8.42 Å². The third-order valence-corrected chi connectivity index (χ3v) is 7.24. The summed E-state index contributed by atoms with van der Waals surface area (Å²) < 4.78 is 28.1. The molecule has 148 valence electrons. The number of benzene rings is 1. The number of halogens is 1. The minimum Gasteiger partial charge on any atom is -0.369 e. The summed E-state index contributed by atoms with van der Waals surface area (Å²) in [6.45, 7) is 7.68. The van der Waals surface area contributed by atoms with E-state index in [1.54, 1.807) is 25.7 Å². The first-order valence-electron chi connectivity index (χ1n) is 8.89. The molecule has 2 heterocycles. The fourth-order valence-electron chi connectivity index (χ4n) is 3.38. The van der Waals surface area contributed by atoms with Gasteiger partial charge < -0.3 is 4.90 Å². The molecule has 0 saturated carbocycles. The summed E-state index contributed by atoms with van der Waals surface area (Å²) in [4.78, 5) is 4.91. The second-order valence-corrected chi connectivity index (χ2v) is 9.54. The number of nitrogens with zero attached hydrogens (tertiary/aromatic N) is 5. The highest BCUT2D eigenvalue weighted by molar-refractivity contribution is 7.89. The van der Waals surface area contributed by atoms with Gasteiger partial charge in [-0.2, -0.15) is 5.10 Å². The molecule has 1 saturated heterocycles. The monoisotopic (exact) mass is 411 g/mol. The van der Waals surface area contributed by atoms with Gasteiger partial charge in [-0.3, -0.25) is 9.58 Å². The van der Waals surface area contributed by atoms with Gasteiger partial charge in [-0.1, -0.05) is 17.7 Å². The van der Waals surface area contributed by atoms with Crippen molar-refractivity contribution in [3.05, 3.63) is 40.7 Å². The van der Waals surface area contributed by atoms with E-state index in [4.69, 9.17) is 11.6 Å². The van der Waals surface area contributed by atoms with Crippen LogP contribution in [0.3, 0.4) is 0 Å². The number of sulfonamides is 1. The fourth-order valence-corrected chi connectivity index (χ4v) is 4.83. The third kappa shape index (κ3) is 4.13. The van der Waals surface area contributed by atoms with Crippen LogP contribution in [0.4, 0.5) is 5.69 Å². The van der Waals surface area contributed by atoms with Gasteiger partial charge in [0.25, 0.3) is 0 Å². The molecule has 0 atom stereocenters. The second-order valence-electron chi connectivity index (χ2n) is 7.01. The fraction of sp³-hybridized carbons (Fsp3) is 0.500. The highest BCUT2D eigenvalue weighted by atomic mass is 35.5. The first-order valence-corrected chi connectivity index (χ1v) is 10.7. The van der Waals surface area contributed by atoms with E-state index in [9.17, 15) is 8.42 Å². The molecule has 0 radical (unpaired) electrons. The van der Waals surface area contributed by atoms with Gasteiger partial charge in [0.1, 0.15) is 4.90 Å². The molecule has 1 aliphatic heterocycles. The van der Waals surface area contributed by atoms with Gasteiger partial charge in [0.15, 0.2) is 0 Å². The van der Waals surface area contributed by atoms with Crippen molar-refractivity contribution in [3.63, 3.8) is 0 Å². The van der Waals surface area contributed by atoms with Crippen LogP contribution in [-0.2, 0) is 16.7 Å². The van der Waals surface area contributed by atoms with Crippen LogP contribution in [0.5, 0.6) is 0 Å². The molecule has 1 aromatic heterocycles. The zero-order valence-electron chi connectivity index (χ0n) is 16.2. The first kappa shape index (κ1) is 20.1. The molecule has 3 rings (SSSR count). The zero-order chi connectivity index (χ0) is 19.8. The summed E-state index contributed by atoms with van der Waals surface area (Å²) in [6, 6.07) is 7.90. The number of anilines is 1. The Labute approximate surface area is 166 Å². The molecular formula is C18H26ClN5O2S. The standard InChI is InChI=1S/C18H26ClN5O2S/c1-14-18(27(25,26)21(3)4)15(2)24(20-14)13-22-8-10-23(11-9-22)17-7-5-6-16(19)12-17/h5-7,12H,8-11,13H2,1-4H3. The Morgan fingerprint density at radius 2 is 1.81 bits per heavy atom. The Morgan fingerprint density at radius 1 is 1.15 bits per heavy atom. The summed E-state index contributed by atoms with van der Waals surface area (Å²) in [5.74, 6) is 0. The molecule has 0 amide bonds. The molecule has 9 heteroatoms. The van der Waals surface area contributed by atoms with Gasteiger partial charge in [-0.05, 0) is 32.0 Å². The molecule has 7 nitrogen and oxygen atoms in total. The predicted octanol–water partition coefficient (Wildman–Crippen LogP) is 2.18. The maximum Gasteiger partial charge on any atom is 0.246 e. The lowest BCUT2D eigenvalue weighted by Gasteiger charge is -2.36. The van der Waals surface area contributed by atoms with Crippen LogP contribution in [0.2, 0.25) is 5.02 Å². The number of hydrogen-bond acceptors (Lipinski definition) is 5. The van der Waals surface area contributed by atoms with Gasteiger partial charge in [-0.25, -0.2) is 12.7 Å². The summed E-state index contributed by atoms with van der Waals surface area (Å²) in [5.41, 5.74) is 2.35. The van der Waals surface area contributed by atoms with Crippen LogP contribution in [0, 0.1) is 13.8 Å². The van der Waals surface area contributed by atoms with E-state index in [1.807, 2.05) is 25.1 Å². The smallest absolute Gasteiger partial charge is 0.246 e. The highest BCUT2D eigenvalue weighted by Crippen LogP contribution is 2.23. The molecule has 1 fully saturated rings. The summed E-state index contributed by atoms with van der Waals surface area (Å²) >= 11 is 6.09. The van der Waals surface area contributed by atoms with E-state index in [0.29, 0.717) is 23.0 Å². The molecule has 27 heavy (non-hydrogen) atoms. The van der Waals surface area contributed by atoms with Crippen LogP contribution < -0.4 is 4.90 Å². The third-order valence-electron chi connectivity index (χ3n) is 4.93. The predicted molar refractivity (Wildman–Crippen MR) is 108 cm³/mol. The topological polar surface area (TPSA) is 61.7 Å². The largest absolute Gasteiger partial charge is 0.369 e. The van der Waals surface area contributed by atoms with E-state index in [2.05, 4.69) is 21.0 Å². The lowest BCUT2D eigenvalue weighted by atomic mass is 10.2. The van der Waals surface area contributed by atoms with Crippen molar-refractivity contribution in [2.45, 2.75) is 25.4 Å². The molecule has 1 aromatic carbocycles. The number of aromatic nitrogens is 2. The lowest BCUT2D eigenvalue weighted by molar-refractivity contribution is 0.193. The summed E-state index contributed by atoms with van der Waals surface area (Å²) in [5, 5.41) is 5.22. The highest BCUT2D eigenvalue weighted by Gasteiger charge is 2.27. The second kappa shape index (κ2) is 7.79. The maximum atomic E-state index is 12.5. The normalized spacial score (nSPS) is 16.3. The molecule has 0 spiro atoms. The van der Waals surface area contributed by atoms with E-state index in [-0.39, 0.29) is 0 Å². The first-order chi connectivity index (χ1) is 12.7. The summed E-state index contributed by atoms with van der Waals surface area (Å²) in [7, 11) is -0.412. The Hall–Kier alpha value is -1.61. The molecule has 2 aromatic rings. The maximum absolute atomic E-state index is 12.5. The van der Waals surface area contributed by atoms with Gasteiger partial charge in [0.05, 0.1) is 18.1 Å². The number of piperazine rings is 1. The van der Waals surface area contributed by atoms with Crippen molar-refractivity contribution in [1.82, 2.24) is 19.0 Å². The van der Waals surface area contributed by atoms with Crippen LogP contribution in [-0.4, -0.2) is 67.7 Å². The summed E-state index contributed by atoms with van der Waals surface area (Å²) in [6.07, 6.45) is 0. The average Bonchev–Trinajstić information content (AvgIpc) is 2.89. The Balaban J connectivity index is 1.70. The van der Waals surface area contributed by atoms with Crippen LogP contribution in [0.25, 0.3) is 0 Å². The van der Waals surface area contributed by atoms with Crippen molar-refractivity contribution in [1.29, 1.82) is 0 Å². The van der Waals surface area contributed by atoms with E-state index >= 15 is 0 Å². The minimum atomic E-state index is -3.50. The van der Waals surface area contributed by atoms with Crippen molar-refractivity contribution in [2.24, 2.45) is 0 Å². The van der Waals surface area contributed by atoms with Crippen LogP contribution in [0.15, 0.2) is 29.2 Å². The molecule has 0 aliphatic carbocycles. The van der Waals surface area contributed by atoms with Gasteiger partial charge in [0, 0.05) is 51.0 Å². The average molecular weight is 412 g/mol. The van der Waals surface area contributed by atoms with E-state index in [1.165, 1.54) is 4.31 Å².